The Hall–Kier alpha value is -7.67. The number of benzene rings is 4. The number of fused-ring (bicyclic) bond motifs is 5. The molecule has 7 amide bonds. The van der Waals surface area contributed by atoms with E-state index in [1.165, 1.54) is 19.5 Å². The second kappa shape index (κ2) is 26.5. The summed E-state index contributed by atoms with van der Waals surface area (Å²) in [4.78, 5) is 95.4. The summed E-state index contributed by atoms with van der Waals surface area (Å²) in [6, 6.07) is 20.5. The van der Waals surface area contributed by atoms with Crippen LogP contribution in [0.5, 0.6) is 11.5 Å². The number of hydrogen-bond acceptors (Lipinski definition) is 12. The molecule has 0 aliphatic carbocycles. The van der Waals surface area contributed by atoms with Crippen LogP contribution in [-0.2, 0) is 41.5 Å². The van der Waals surface area contributed by atoms with E-state index in [9.17, 15) is 33.6 Å². The smallest absolute Gasteiger partial charge is 0.407 e. The number of nitrogens with two attached hydrogens (primary N) is 2. The van der Waals surface area contributed by atoms with Gasteiger partial charge in [-0.3, -0.25) is 24.0 Å². The molecule has 4 bridgehead atoms. The Kier molecular flexibility index (Phi) is 20.6. The normalized spacial score (nSPS) is 16.2. The van der Waals surface area contributed by atoms with Gasteiger partial charge in [0.15, 0.2) is 0 Å². The van der Waals surface area contributed by atoms with E-state index in [0.717, 1.165) is 35.3 Å². The number of rotatable bonds is 19. The molecule has 19 heteroatoms. The number of alkyl carbamates (subject to hydrolysis) is 2. The van der Waals surface area contributed by atoms with E-state index in [0.29, 0.717) is 22.4 Å². The zero-order valence-electron chi connectivity index (χ0n) is 44.6. The maximum Gasteiger partial charge on any atom is 0.407 e. The minimum Gasteiger partial charge on any atom is -0.491 e. The third kappa shape index (κ3) is 17.8. The fraction of sp³-hybridized carbons (Fsp3) is 0.446. The first kappa shape index (κ1) is 58.2. The Morgan fingerprint density at radius 1 is 0.747 bits per heavy atom. The summed E-state index contributed by atoms with van der Waals surface area (Å²) in [5.41, 5.74) is 15.5. The van der Waals surface area contributed by atoms with Gasteiger partial charge in [-0.05, 0) is 132 Å². The molecule has 75 heavy (non-hydrogen) atoms. The van der Waals surface area contributed by atoms with E-state index in [4.69, 9.17) is 30.4 Å². The first-order valence-electron chi connectivity index (χ1n) is 25.3. The number of ether oxygens (including phenoxy) is 4. The number of amides is 7. The molecular weight excluding hydrogens is 961 g/mol. The van der Waals surface area contributed by atoms with Gasteiger partial charge in [0, 0.05) is 42.7 Å². The van der Waals surface area contributed by atoms with Gasteiger partial charge in [0.05, 0.1) is 13.1 Å². The van der Waals surface area contributed by atoms with Crippen LogP contribution in [-0.4, -0.2) is 116 Å². The summed E-state index contributed by atoms with van der Waals surface area (Å²) in [5, 5.41) is 13.7. The topological polar surface area (TPSA) is 272 Å². The lowest BCUT2D eigenvalue weighted by molar-refractivity contribution is -0.141. The van der Waals surface area contributed by atoms with Crippen molar-refractivity contribution in [1.82, 2.24) is 31.5 Å². The number of unbranched alkanes of at least 4 members (excludes halogenated alkanes) is 1. The molecule has 0 aromatic heterocycles. The van der Waals surface area contributed by atoms with Crippen LogP contribution >= 0.6 is 0 Å². The van der Waals surface area contributed by atoms with Crippen molar-refractivity contribution in [2.75, 3.05) is 39.9 Å². The van der Waals surface area contributed by atoms with E-state index in [2.05, 4.69) is 45.6 Å². The van der Waals surface area contributed by atoms with Crippen LogP contribution in [0.15, 0.2) is 84.9 Å². The van der Waals surface area contributed by atoms with Gasteiger partial charge in [0.2, 0.25) is 23.6 Å². The number of hydrogen-bond donors (Lipinski definition) is 7. The first-order valence-corrected chi connectivity index (χ1v) is 25.3. The van der Waals surface area contributed by atoms with E-state index < -0.39 is 77.1 Å². The number of nitrogens with zero attached hydrogens (tertiary/aromatic N) is 1. The second-order valence-electron chi connectivity index (χ2n) is 20.4. The summed E-state index contributed by atoms with van der Waals surface area (Å²) in [5.74, 6) is -2.78. The molecule has 4 atom stereocenters. The quantitative estimate of drug-likeness (QED) is 0.0546. The zero-order chi connectivity index (χ0) is 55.0. The Morgan fingerprint density at radius 3 is 1.83 bits per heavy atom. The summed E-state index contributed by atoms with van der Waals surface area (Å²) >= 11 is 0. The summed E-state index contributed by atoms with van der Waals surface area (Å²) < 4.78 is 23.4. The number of primary amides is 1. The van der Waals surface area contributed by atoms with Gasteiger partial charge in [-0.1, -0.05) is 61.9 Å². The lowest BCUT2D eigenvalue weighted by Gasteiger charge is -2.32. The van der Waals surface area contributed by atoms with Crippen molar-refractivity contribution in [2.45, 2.75) is 123 Å². The fourth-order valence-corrected chi connectivity index (χ4v) is 8.18. The van der Waals surface area contributed by atoms with Crippen LogP contribution in [0.1, 0.15) is 108 Å². The predicted octanol–water partition coefficient (Wildman–Crippen LogP) is 5.85. The molecule has 404 valence electrons. The lowest BCUT2D eigenvalue weighted by Crippen LogP contribution is -2.55. The number of aryl methyl sites for hydroxylation is 1. The molecule has 1 heterocycles. The van der Waals surface area contributed by atoms with Gasteiger partial charge in [-0.25, -0.2) is 9.59 Å². The molecule has 4 aromatic rings. The maximum absolute atomic E-state index is 14.7. The van der Waals surface area contributed by atoms with E-state index in [1.54, 1.807) is 90.1 Å². The highest BCUT2D eigenvalue weighted by atomic mass is 16.6. The summed E-state index contributed by atoms with van der Waals surface area (Å²) in [6.07, 6.45) is 1.80. The van der Waals surface area contributed by atoms with Gasteiger partial charge in [0.25, 0.3) is 5.91 Å². The molecule has 0 unspecified atom stereocenters. The van der Waals surface area contributed by atoms with Crippen LogP contribution in [0.25, 0.3) is 22.3 Å². The minimum atomic E-state index is -1.46. The zero-order valence-corrected chi connectivity index (χ0v) is 44.6. The van der Waals surface area contributed by atoms with Crippen LogP contribution < -0.4 is 47.5 Å². The molecule has 1 aliphatic heterocycles. The van der Waals surface area contributed by atoms with Gasteiger partial charge < -0.3 is 61.9 Å². The minimum absolute atomic E-state index is 0.0227. The number of nitrogens with one attached hydrogen (secondary N) is 5. The van der Waals surface area contributed by atoms with E-state index in [-0.39, 0.29) is 62.6 Å². The van der Waals surface area contributed by atoms with Gasteiger partial charge in [0.1, 0.15) is 54.0 Å². The average molecular weight is 1040 g/mol. The molecule has 5 rings (SSSR count). The van der Waals surface area contributed by atoms with Crippen molar-refractivity contribution < 1.29 is 52.5 Å². The number of likely N-dealkylation sites (N-methyl/N-ethyl adjacent to an activating group) is 1. The Morgan fingerprint density at radius 2 is 1.29 bits per heavy atom. The van der Waals surface area contributed by atoms with Crippen molar-refractivity contribution in [3.8, 4) is 33.8 Å². The highest BCUT2D eigenvalue weighted by molar-refractivity contribution is 5.99. The maximum atomic E-state index is 14.7. The van der Waals surface area contributed by atoms with E-state index >= 15 is 0 Å². The summed E-state index contributed by atoms with van der Waals surface area (Å²) in [7, 11) is 1.39. The van der Waals surface area contributed by atoms with E-state index in [1.807, 2.05) is 24.3 Å². The predicted molar refractivity (Wildman–Crippen MR) is 285 cm³/mol. The molecule has 1 aliphatic rings. The van der Waals surface area contributed by atoms with Gasteiger partial charge in [-0.15, -0.1) is 0 Å². The molecule has 0 fully saturated rings. The fourth-order valence-electron chi connectivity index (χ4n) is 8.18. The van der Waals surface area contributed by atoms with Crippen molar-refractivity contribution >= 4 is 41.7 Å². The largest absolute Gasteiger partial charge is 0.491 e. The van der Waals surface area contributed by atoms with Crippen LogP contribution in [0, 0.1) is 0 Å². The average Bonchev–Trinajstić information content (AvgIpc) is 3.34. The van der Waals surface area contributed by atoms with Crippen LogP contribution in [0.4, 0.5) is 9.59 Å². The Bertz CT molecular complexity index is 2650. The number of carbonyl (C=O) groups is 7. The molecule has 9 N–H and O–H groups in total. The highest BCUT2D eigenvalue weighted by Crippen LogP contribution is 2.40. The number of carbonyl (C=O) groups excluding carboxylic acids is 7. The third-order valence-corrected chi connectivity index (χ3v) is 11.8. The van der Waals surface area contributed by atoms with Crippen molar-refractivity contribution in [3.63, 3.8) is 0 Å². The highest BCUT2D eigenvalue weighted by Gasteiger charge is 2.36. The van der Waals surface area contributed by atoms with Crippen LogP contribution in [0.3, 0.4) is 0 Å². The second-order valence-corrected chi connectivity index (χ2v) is 20.4. The van der Waals surface area contributed by atoms with Crippen LogP contribution in [0.2, 0.25) is 0 Å². The monoisotopic (exact) mass is 1030 g/mol. The first-order chi connectivity index (χ1) is 35.4. The Balaban J connectivity index is 1.54. The standard InChI is InChI=1S/C56H74N8O11/c1-10-11-12-35-13-16-37(17-14-35)38-18-20-39(21-19-38)50(67)63-44(33-57)52(69)64(9)48-40-22-24-46(73-28-26-60-54(71)75-56(6,7)8)43(31-40)42-30-36(15-23-45(42)72-27-25-59-53(70)74-55(3,4)5)29-41(32-47(58)65)62-49(66)34(2)61-51(48)68/h13-24,30-31,34,41,44,48H,10-12,25-29,32-33,57H2,1-9H3,(H2,58,65)(H,59,70)(H,60,71)(H,61,68)(H,62,66)(H,63,67)/t34-,41-,44-,48-/m0/s1. The summed E-state index contributed by atoms with van der Waals surface area (Å²) in [6.45, 7) is 13.8. The van der Waals surface area contributed by atoms with Gasteiger partial charge >= 0.3 is 12.2 Å². The SMILES string of the molecule is CCCCc1ccc(-c2ccc(C(=O)N[C@@H](CN)C(=O)N(C)[C@@H]3C(=O)N[C@@H](C)C(=O)N[C@H](CC(N)=O)Cc4ccc(OCCNC(=O)OC(C)(C)C)c(c4)-c4cc3ccc4OCCNC(=O)OC(C)(C)C)cc2)cc1. The molecule has 0 spiro atoms. The van der Waals surface area contributed by atoms with Crippen molar-refractivity contribution in [2.24, 2.45) is 11.5 Å². The van der Waals surface area contributed by atoms with Crippen molar-refractivity contribution in [3.05, 3.63) is 107 Å². The Labute approximate surface area is 439 Å². The molecular formula is C56H74N8O11. The molecule has 4 aromatic carbocycles. The molecule has 19 nitrogen and oxygen atoms in total. The van der Waals surface area contributed by atoms with Crippen molar-refractivity contribution in [1.29, 1.82) is 0 Å². The van der Waals surface area contributed by atoms with Gasteiger partial charge in [-0.2, -0.15) is 0 Å². The molecule has 0 saturated heterocycles. The molecule has 0 radical (unpaired) electrons. The lowest BCUT2D eigenvalue weighted by atomic mass is 9.93. The molecule has 0 saturated carbocycles. The third-order valence-electron chi connectivity index (χ3n) is 11.8.